The van der Waals surface area contributed by atoms with E-state index in [9.17, 15) is 17.6 Å². The maximum absolute atomic E-state index is 13.2. The smallest absolute Gasteiger partial charge is 0.357 e. The third kappa shape index (κ3) is 3.52. The predicted molar refractivity (Wildman–Crippen MR) is 71.3 cm³/mol. The summed E-state index contributed by atoms with van der Waals surface area (Å²) in [5, 5.41) is 5.38. The monoisotopic (exact) mass is 320 g/mol. The van der Waals surface area contributed by atoms with Crippen molar-refractivity contribution in [3.05, 3.63) is 40.8 Å². The Hall–Kier alpha value is -2.09. The van der Waals surface area contributed by atoms with Crippen molar-refractivity contribution >= 4 is 29.1 Å². The van der Waals surface area contributed by atoms with Crippen LogP contribution in [0.1, 0.15) is 5.56 Å². The number of hydrogen-bond acceptors (Lipinski definition) is 4. The maximum Gasteiger partial charge on any atom is 0.419 e. The topological polar surface area (TPSA) is 49.8 Å². The minimum absolute atomic E-state index is 0.00591. The first kappa shape index (κ1) is 15.3. The molecule has 9 heteroatoms. The average molecular weight is 321 g/mol. The number of alkyl halides is 3. The molecule has 0 aliphatic carbocycles. The molecule has 1 heterocycles. The highest BCUT2D eigenvalue weighted by Gasteiger charge is 2.34. The van der Waals surface area contributed by atoms with E-state index in [1.807, 2.05) is 0 Å². The Morgan fingerprint density at radius 3 is 2.57 bits per heavy atom. The third-order valence-corrected chi connectivity index (χ3v) is 2.78. The van der Waals surface area contributed by atoms with E-state index in [1.165, 1.54) is 6.20 Å². The summed E-state index contributed by atoms with van der Waals surface area (Å²) in [6.45, 7) is 0. The van der Waals surface area contributed by atoms with Crippen molar-refractivity contribution in [1.29, 1.82) is 0 Å². The van der Waals surface area contributed by atoms with Gasteiger partial charge in [-0.3, -0.25) is 0 Å². The van der Waals surface area contributed by atoms with Gasteiger partial charge in [0.25, 0.3) is 0 Å². The molecule has 112 valence electrons. The Labute approximate surface area is 122 Å². The zero-order chi connectivity index (χ0) is 15.6. The SMILES string of the molecule is CNc1ncc(Cl)c(Nc2ccc(F)c(C(F)(F)F)c2)n1. The summed E-state index contributed by atoms with van der Waals surface area (Å²) < 4.78 is 51.1. The van der Waals surface area contributed by atoms with E-state index in [-0.39, 0.29) is 22.5 Å². The fourth-order valence-electron chi connectivity index (χ4n) is 1.53. The average Bonchev–Trinajstić information content (AvgIpc) is 2.42. The highest BCUT2D eigenvalue weighted by atomic mass is 35.5. The minimum atomic E-state index is -4.78. The Balaban J connectivity index is 2.36. The number of benzene rings is 1. The summed E-state index contributed by atoms with van der Waals surface area (Å²) in [4.78, 5) is 7.80. The summed E-state index contributed by atoms with van der Waals surface area (Å²) in [5.74, 6) is -1.01. The van der Waals surface area contributed by atoms with Gasteiger partial charge in [-0.25, -0.2) is 9.37 Å². The lowest BCUT2D eigenvalue weighted by atomic mass is 10.2. The van der Waals surface area contributed by atoms with Crippen LogP contribution >= 0.6 is 11.6 Å². The molecule has 0 atom stereocenters. The van der Waals surface area contributed by atoms with Crippen LogP contribution in [0.5, 0.6) is 0 Å². The normalized spacial score (nSPS) is 11.3. The second-order valence-corrected chi connectivity index (χ2v) is 4.36. The lowest BCUT2D eigenvalue weighted by Crippen LogP contribution is -2.09. The first-order valence-electron chi connectivity index (χ1n) is 5.65. The van der Waals surface area contributed by atoms with Crippen LogP contribution in [0.15, 0.2) is 24.4 Å². The highest BCUT2D eigenvalue weighted by molar-refractivity contribution is 6.32. The van der Waals surface area contributed by atoms with Crippen molar-refractivity contribution in [1.82, 2.24) is 9.97 Å². The van der Waals surface area contributed by atoms with Gasteiger partial charge in [-0.2, -0.15) is 18.2 Å². The summed E-state index contributed by atoms with van der Waals surface area (Å²) in [5.41, 5.74) is -1.36. The van der Waals surface area contributed by atoms with Gasteiger partial charge in [0.2, 0.25) is 5.95 Å². The minimum Gasteiger partial charge on any atom is -0.357 e. The molecule has 2 rings (SSSR count). The molecule has 0 aliphatic rings. The number of nitrogens with zero attached hydrogens (tertiary/aromatic N) is 2. The first-order valence-corrected chi connectivity index (χ1v) is 6.03. The summed E-state index contributed by atoms with van der Waals surface area (Å²) in [6, 6.07) is 2.52. The molecular weight excluding hydrogens is 312 g/mol. The molecular formula is C12H9ClF4N4. The molecule has 0 saturated heterocycles. The van der Waals surface area contributed by atoms with Gasteiger partial charge in [-0.1, -0.05) is 11.6 Å². The molecule has 2 aromatic rings. The van der Waals surface area contributed by atoms with Gasteiger partial charge < -0.3 is 10.6 Å². The number of nitrogens with one attached hydrogen (secondary N) is 2. The van der Waals surface area contributed by atoms with Gasteiger partial charge >= 0.3 is 6.18 Å². The van der Waals surface area contributed by atoms with Crippen molar-refractivity contribution < 1.29 is 17.6 Å². The second-order valence-electron chi connectivity index (χ2n) is 3.96. The fraction of sp³-hybridized carbons (Fsp3) is 0.167. The number of anilines is 3. The number of aromatic nitrogens is 2. The number of hydrogen-bond donors (Lipinski definition) is 2. The van der Waals surface area contributed by atoms with E-state index in [1.54, 1.807) is 7.05 Å². The van der Waals surface area contributed by atoms with Crippen LogP contribution in [0.4, 0.5) is 35.0 Å². The molecule has 0 unspecified atom stereocenters. The Kier molecular flexibility index (Phi) is 4.17. The summed E-state index contributed by atoms with van der Waals surface area (Å²) in [7, 11) is 1.58. The molecule has 1 aromatic carbocycles. The van der Waals surface area contributed by atoms with Crippen LogP contribution in [-0.4, -0.2) is 17.0 Å². The lowest BCUT2D eigenvalue weighted by Gasteiger charge is -2.12. The Bertz CT molecular complexity index is 660. The standard InChI is InChI=1S/C12H9ClF4N4/c1-18-11-19-5-8(13)10(21-11)20-6-2-3-9(14)7(4-6)12(15,16)17/h2-5H,1H3,(H2,18,19,20,21). The van der Waals surface area contributed by atoms with Crippen LogP contribution in [0.25, 0.3) is 0 Å². The predicted octanol–water partition coefficient (Wildman–Crippen LogP) is 4.07. The van der Waals surface area contributed by atoms with Gasteiger partial charge in [-0.05, 0) is 18.2 Å². The number of halogens is 5. The second kappa shape index (κ2) is 5.72. The molecule has 1 aromatic heterocycles. The zero-order valence-corrected chi connectivity index (χ0v) is 11.3. The lowest BCUT2D eigenvalue weighted by molar-refractivity contribution is -0.139. The van der Waals surface area contributed by atoms with Crippen molar-refractivity contribution in [2.24, 2.45) is 0 Å². The van der Waals surface area contributed by atoms with Crippen LogP contribution < -0.4 is 10.6 Å². The van der Waals surface area contributed by atoms with E-state index in [4.69, 9.17) is 11.6 Å². The van der Waals surface area contributed by atoms with Crippen molar-refractivity contribution in [3.8, 4) is 0 Å². The van der Waals surface area contributed by atoms with Crippen LogP contribution in [0, 0.1) is 5.82 Å². The highest BCUT2D eigenvalue weighted by Crippen LogP contribution is 2.34. The van der Waals surface area contributed by atoms with Crippen LogP contribution in [0.2, 0.25) is 5.02 Å². The van der Waals surface area contributed by atoms with E-state index < -0.39 is 17.6 Å². The first-order chi connectivity index (χ1) is 9.81. The molecule has 0 fully saturated rings. The quantitative estimate of drug-likeness (QED) is 0.837. The summed E-state index contributed by atoms with van der Waals surface area (Å²) in [6.07, 6.45) is -3.50. The van der Waals surface area contributed by atoms with Crippen LogP contribution in [-0.2, 0) is 6.18 Å². The molecule has 0 bridgehead atoms. The van der Waals surface area contributed by atoms with Crippen molar-refractivity contribution in [2.75, 3.05) is 17.7 Å². The largest absolute Gasteiger partial charge is 0.419 e. The van der Waals surface area contributed by atoms with E-state index >= 15 is 0 Å². The van der Waals surface area contributed by atoms with Gasteiger partial charge in [0.05, 0.1) is 11.8 Å². The molecule has 0 spiro atoms. The third-order valence-electron chi connectivity index (χ3n) is 2.50. The van der Waals surface area contributed by atoms with Gasteiger partial charge in [0, 0.05) is 12.7 Å². The van der Waals surface area contributed by atoms with Gasteiger partial charge in [0.1, 0.15) is 10.8 Å². The molecule has 0 amide bonds. The molecule has 21 heavy (non-hydrogen) atoms. The molecule has 0 radical (unpaired) electrons. The van der Waals surface area contributed by atoms with E-state index in [2.05, 4.69) is 20.6 Å². The van der Waals surface area contributed by atoms with Crippen LogP contribution in [0.3, 0.4) is 0 Å². The maximum atomic E-state index is 13.2. The Morgan fingerprint density at radius 2 is 1.95 bits per heavy atom. The molecule has 4 nitrogen and oxygen atoms in total. The Morgan fingerprint density at radius 1 is 1.24 bits per heavy atom. The van der Waals surface area contributed by atoms with E-state index in [0.717, 1.165) is 12.1 Å². The van der Waals surface area contributed by atoms with Gasteiger partial charge in [0.15, 0.2) is 5.82 Å². The molecule has 0 aliphatic heterocycles. The van der Waals surface area contributed by atoms with Gasteiger partial charge in [-0.15, -0.1) is 0 Å². The van der Waals surface area contributed by atoms with Crippen molar-refractivity contribution in [3.63, 3.8) is 0 Å². The molecule has 0 saturated carbocycles. The fourth-order valence-corrected chi connectivity index (χ4v) is 1.67. The van der Waals surface area contributed by atoms with E-state index in [0.29, 0.717) is 6.07 Å². The molecule has 2 N–H and O–H groups in total. The van der Waals surface area contributed by atoms with Crippen molar-refractivity contribution in [2.45, 2.75) is 6.18 Å². The number of rotatable bonds is 3. The summed E-state index contributed by atoms with van der Waals surface area (Å²) >= 11 is 5.85. The zero-order valence-electron chi connectivity index (χ0n) is 10.6.